The predicted molar refractivity (Wildman–Crippen MR) is 164 cm³/mol. The van der Waals surface area contributed by atoms with Crippen LogP contribution in [0.1, 0.15) is 28.9 Å². The number of pyridine rings is 1. The van der Waals surface area contributed by atoms with E-state index < -0.39 is 27.9 Å². The lowest BCUT2D eigenvalue weighted by molar-refractivity contribution is -0.274. The Morgan fingerprint density at radius 2 is 1.73 bits per heavy atom. The number of hydrogen-bond acceptors (Lipinski definition) is 7. The third-order valence-corrected chi connectivity index (χ3v) is 9.85. The molecule has 0 atom stereocenters. The van der Waals surface area contributed by atoms with Crippen LogP contribution in [0.25, 0.3) is 27.5 Å². The predicted octanol–water partition coefficient (Wildman–Crippen LogP) is 5.49. The summed E-state index contributed by atoms with van der Waals surface area (Å²) in [5.74, 6) is -0.936. The number of hydrogen-bond donors (Lipinski definition) is 1. The Balaban J connectivity index is 1.21. The first-order valence-corrected chi connectivity index (χ1v) is 16.2. The molecule has 1 saturated heterocycles. The first kappa shape index (κ1) is 28.9. The van der Waals surface area contributed by atoms with Crippen molar-refractivity contribution in [3.8, 4) is 5.75 Å². The number of sulfone groups is 1. The van der Waals surface area contributed by atoms with Crippen LogP contribution in [0.5, 0.6) is 5.75 Å². The molecule has 1 fully saturated rings. The lowest BCUT2D eigenvalue weighted by Crippen LogP contribution is -2.39. The van der Waals surface area contributed by atoms with Crippen LogP contribution < -0.4 is 15.0 Å². The SMILES string of the molecule is CS(=O)(=O)C1CCN(c2cccc(Cn3nc(C(=O)Nc4ccc(OC(F)(F)F)cc4)c4c5nn(c6ccccc56)c43)c2)CC1. The highest BCUT2D eigenvalue weighted by molar-refractivity contribution is 7.91. The van der Waals surface area contributed by atoms with Crippen molar-refractivity contribution >= 4 is 54.6 Å². The highest BCUT2D eigenvalue weighted by Crippen LogP contribution is 2.34. The average molecular weight is 637 g/mol. The molecule has 1 amide bonds. The second-order valence-electron chi connectivity index (χ2n) is 11.2. The van der Waals surface area contributed by atoms with Gasteiger partial charge >= 0.3 is 6.36 Å². The summed E-state index contributed by atoms with van der Waals surface area (Å²) in [4.78, 5) is 15.8. The maximum atomic E-state index is 13.6. The molecule has 3 aromatic heterocycles. The van der Waals surface area contributed by atoms with Gasteiger partial charge in [-0.2, -0.15) is 10.2 Å². The molecule has 0 aliphatic carbocycles. The number of carbonyl (C=O) groups excluding carboxylic acids is 1. The van der Waals surface area contributed by atoms with Gasteiger partial charge < -0.3 is 15.0 Å². The number of halogens is 3. The van der Waals surface area contributed by atoms with Crippen molar-refractivity contribution in [2.75, 3.05) is 29.6 Å². The first-order chi connectivity index (χ1) is 21.4. The molecule has 0 spiro atoms. The summed E-state index contributed by atoms with van der Waals surface area (Å²) in [5, 5.41) is 13.3. The van der Waals surface area contributed by atoms with E-state index in [0.29, 0.717) is 49.0 Å². The van der Waals surface area contributed by atoms with Crippen LogP contribution in [0, 0.1) is 0 Å². The number of nitrogens with one attached hydrogen (secondary N) is 1. The van der Waals surface area contributed by atoms with E-state index in [-0.39, 0.29) is 16.6 Å². The van der Waals surface area contributed by atoms with E-state index in [9.17, 15) is 26.4 Å². The van der Waals surface area contributed by atoms with E-state index in [1.165, 1.54) is 18.4 Å². The number of rotatable bonds is 7. The lowest BCUT2D eigenvalue weighted by atomic mass is 10.1. The molecule has 7 rings (SSSR count). The Morgan fingerprint density at radius 3 is 2.44 bits per heavy atom. The van der Waals surface area contributed by atoms with Gasteiger partial charge in [-0.3, -0.25) is 4.79 Å². The second-order valence-corrected chi connectivity index (χ2v) is 13.5. The summed E-state index contributed by atoms with van der Waals surface area (Å²) in [6.45, 7) is 1.59. The minimum absolute atomic E-state index is 0.135. The lowest BCUT2D eigenvalue weighted by Gasteiger charge is -2.33. The molecule has 4 heterocycles. The largest absolute Gasteiger partial charge is 0.573 e. The normalized spacial score (nSPS) is 15.0. The summed E-state index contributed by atoms with van der Waals surface area (Å²) in [6, 6.07) is 20.5. The highest BCUT2D eigenvalue weighted by Gasteiger charge is 2.31. The highest BCUT2D eigenvalue weighted by atomic mass is 32.2. The zero-order chi connectivity index (χ0) is 31.5. The molecule has 14 heteroatoms. The van der Waals surface area contributed by atoms with Gasteiger partial charge in [0, 0.05) is 36.1 Å². The second kappa shape index (κ2) is 10.6. The van der Waals surface area contributed by atoms with Crippen LogP contribution in [0.4, 0.5) is 24.5 Å². The minimum atomic E-state index is -4.82. The van der Waals surface area contributed by atoms with E-state index in [2.05, 4.69) is 15.0 Å². The number of aromatic nitrogens is 4. The maximum Gasteiger partial charge on any atom is 0.573 e. The number of anilines is 2. The monoisotopic (exact) mass is 636 g/mol. The standard InChI is InChI=1S/C31H27F3N6O4S/c1-45(42,43)23-13-15-38(16-14-23)21-6-4-5-19(17-21)18-39-30-26(27-24-7-2-3-8-25(24)40(30)37-27)28(36-39)29(41)35-20-9-11-22(12-10-20)44-31(32,33)34/h2-12,17,23H,13-16,18H2,1H3,(H,35,41). The summed E-state index contributed by atoms with van der Waals surface area (Å²) < 4.78 is 69.1. The van der Waals surface area contributed by atoms with Crippen molar-refractivity contribution in [2.24, 2.45) is 0 Å². The summed E-state index contributed by atoms with van der Waals surface area (Å²) in [7, 11) is -3.08. The molecule has 1 aliphatic rings. The molecule has 1 N–H and O–H groups in total. The Labute approximate surface area is 255 Å². The molecule has 45 heavy (non-hydrogen) atoms. The topological polar surface area (TPSA) is 111 Å². The number of amides is 1. The molecule has 0 radical (unpaired) electrons. The summed E-state index contributed by atoms with van der Waals surface area (Å²) in [6.07, 6.45) is -2.39. The van der Waals surface area contributed by atoms with Crippen molar-refractivity contribution in [1.29, 1.82) is 0 Å². The van der Waals surface area contributed by atoms with Gasteiger partial charge in [-0.1, -0.05) is 30.3 Å². The number of ether oxygens (including phenoxy) is 1. The fraction of sp³-hybridized carbons (Fsp3) is 0.258. The zero-order valence-electron chi connectivity index (χ0n) is 24.0. The smallest absolute Gasteiger partial charge is 0.406 e. The Hall–Kier alpha value is -4.85. The third-order valence-electron chi connectivity index (χ3n) is 8.17. The van der Waals surface area contributed by atoms with Gasteiger partial charge in [0.1, 0.15) is 21.1 Å². The molecule has 232 valence electrons. The minimum Gasteiger partial charge on any atom is -0.406 e. The van der Waals surface area contributed by atoms with Gasteiger partial charge in [-0.05, 0) is 60.9 Å². The zero-order valence-corrected chi connectivity index (χ0v) is 24.8. The third kappa shape index (κ3) is 5.50. The number of piperidine rings is 1. The van der Waals surface area contributed by atoms with Gasteiger partial charge in [0.25, 0.3) is 5.91 Å². The number of alkyl halides is 3. The van der Waals surface area contributed by atoms with Gasteiger partial charge in [0.05, 0.1) is 22.7 Å². The van der Waals surface area contributed by atoms with Crippen LogP contribution in [-0.2, 0) is 16.4 Å². The van der Waals surface area contributed by atoms with Crippen LogP contribution in [-0.4, -0.2) is 64.7 Å². The van der Waals surface area contributed by atoms with Crippen LogP contribution >= 0.6 is 0 Å². The maximum absolute atomic E-state index is 13.6. The van der Waals surface area contributed by atoms with Gasteiger partial charge in [-0.25, -0.2) is 17.6 Å². The van der Waals surface area contributed by atoms with E-state index in [0.717, 1.165) is 34.3 Å². The Morgan fingerprint density at radius 1 is 1.00 bits per heavy atom. The molecular formula is C31H27F3N6O4S. The quantitative estimate of drug-likeness (QED) is 0.247. The number of nitrogens with zero attached hydrogens (tertiary/aromatic N) is 5. The molecular weight excluding hydrogens is 609 g/mol. The van der Waals surface area contributed by atoms with Crippen molar-refractivity contribution in [1.82, 2.24) is 19.4 Å². The molecule has 6 aromatic rings. The van der Waals surface area contributed by atoms with E-state index in [4.69, 9.17) is 10.2 Å². The van der Waals surface area contributed by atoms with Crippen molar-refractivity contribution in [3.05, 3.63) is 84.1 Å². The van der Waals surface area contributed by atoms with Crippen molar-refractivity contribution < 1.29 is 31.1 Å². The van der Waals surface area contributed by atoms with E-state index in [1.54, 1.807) is 9.20 Å². The number of para-hydroxylation sites is 1. The number of carbonyl (C=O) groups is 1. The van der Waals surface area contributed by atoms with Gasteiger partial charge in [0.2, 0.25) is 0 Å². The fourth-order valence-electron chi connectivity index (χ4n) is 6.06. The summed E-state index contributed by atoms with van der Waals surface area (Å²) in [5.41, 5.74) is 4.45. The first-order valence-electron chi connectivity index (χ1n) is 14.2. The van der Waals surface area contributed by atoms with Gasteiger partial charge in [-0.15, -0.1) is 13.2 Å². The Kier molecular flexibility index (Phi) is 6.84. The molecule has 1 aliphatic heterocycles. The van der Waals surface area contributed by atoms with Crippen LogP contribution in [0.3, 0.4) is 0 Å². The molecule has 2 bridgehead atoms. The van der Waals surface area contributed by atoms with Crippen molar-refractivity contribution in [2.45, 2.75) is 31.0 Å². The molecule has 10 nitrogen and oxygen atoms in total. The Bertz CT molecular complexity index is 2150. The van der Waals surface area contributed by atoms with Crippen molar-refractivity contribution in [3.63, 3.8) is 0 Å². The molecule has 0 saturated carbocycles. The number of benzene rings is 3. The molecule has 3 aromatic carbocycles. The van der Waals surface area contributed by atoms with Crippen LogP contribution in [0.15, 0.2) is 72.8 Å². The van der Waals surface area contributed by atoms with Crippen LogP contribution in [0.2, 0.25) is 0 Å². The average Bonchev–Trinajstić information content (AvgIpc) is 3.68. The number of fused-ring (bicyclic) bond motifs is 8. The van der Waals surface area contributed by atoms with Gasteiger partial charge in [0.15, 0.2) is 11.3 Å². The molecule has 0 unspecified atom stereocenters. The van der Waals surface area contributed by atoms with E-state index in [1.807, 2.05) is 48.5 Å². The summed E-state index contributed by atoms with van der Waals surface area (Å²) >= 11 is 0. The van der Waals surface area contributed by atoms with E-state index >= 15 is 0 Å². The fourth-order valence-corrected chi connectivity index (χ4v) is 7.13.